The molecule has 0 unspecified atom stereocenters. The summed E-state index contributed by atoms with van der Waals surface area (Å²) >= 11 is 0. The molecule has 0 aromatic heterocycles. The molecule has 0 N–H and O–H groups in total. The van der Waals surface area contributed by atoms with E-state index in [1.807, 2.05) is 12.1 Å². The van der Waals surface area contributed by atoms with Gasteiger partial charge < -0.3 is 9.59 Å². The molecule has 1 aromatic carbocycles. The summed E-state index contributed by atoms with van der Waals surface area (Å²) in [6.07, 6.45) is 11.1. The number of unbranched alkanes of at least 4 members (excludes halogenated alkanes) is 4. The van der Waals surface area contributed by atoms with E-state index < -0.39 is 0 Å². The maximum absolute atomic E-state index is 10.7. The summed E-state index contributed by atoms with van der Waals surface area (Å²) in [7, 11) is 0. The van der Waals surface area contributed by atoms with E-state index in [0.29, 0.717) is 0 Å². The quantitative estimate of drug-likeness (QED) is 0.350. The highest BCUT2D eigenvalue weighted by Crippen LogP contribution is 2.22. The van der Waals surface area contributed by atoms with Crippen molar-refractivity contribution in [2.45, 2.75) is 105 Å². The lowest BCUT2D eigenvalue weighted by Gasteiger charge is -2.39. The Labute approximate surface area is 177 Å². The molecule has 0 saturated carbocycles. The van der Waals surface area contributed by atoms with Crippen LogP contribution in [0.4, 0.5) is 0 Å². The smallest absolute Gasteiger partial charge is 0.0786 e. The minimum Gasteiger partial charge on any atom is -0.872 e. The monoisotopic (exact) mass is 391 g/mol. The van der Waals surface area contributed by atoms with Gasteiger partial charge in [0.2, 0.25) is 0 Å². The largest absolute Gasteiger partial charge is 0.872 e. The lowest BCUT2D eigenvalue weighted by atomic mass is 9.87. The number of nitrogens with zero attached hydrogens (tertiary/aromatic N) is 1. The van der Waals surface area contributed by atoms with Gasteiger partial charge in [-0.25, -0.2) is 0 Å². The van der Waals surface area contributed by atoms with Crippen LogP contribution in [0, 0.1) is 0 Å². The van der Waals surface area contributed by atoms with Crippen LogP contribution < -0.4 is 5.11 Å². The second-order valence-corrected chi connectivity index (χ2v) is 9.42. The highest BCUT2D eigenvalue weighted by atomic mass is 16.3. The van der Waals surface area contributed by atoms with E-state index in [4.69, 9.17) is 0 Å². The Morgan fingerprint density at radius 3 is 1.21 bits per heavy atom. The number of hydrogen-bond acceptors (Lipinski definition) is 1. The fraction of sp³-hybridized carbons (Fsp3) is 0.769. The molecule has 0 radical (unpaired) electrons. The van der Waals surface area contributed by atoms with Crippen LogP contribution in [0.1, 0.15) is 105 Å². The van der Waals surface area contributed by atoms with Crippen molar-refractivity contribution < 1.29 is 9.59 Å². The average molecular weight is 392 g/mol. The maximum Gasteiger partial charge on any atom is 0.0786 e. The summed E-state index contributed by atoms with van der Waals surface area (Å²) in [6.45, 7) is 21.4. The van der Waals surface area contributed by atoms with Crippen molar-refractivity contribution in [3.63, 3.8) is 0 Å². The Balaban J connectivity index is 0.000000567. The van der Waals surface area contributed by atoms with Crippen molar-refractivity contribution in [1.29, 1.82) is 0 Å². The second kappa shape index (κ2) is 14.9. The molecule has 28 heavy (non-hydrogen) atoms. The van der Waals surface area contributed by atoms with Gasteiger partial charge in [0, 0.05) is 0 Å². The molecule has 164 valence electrons. The minimum absolute atomic E-state index is 0.0815. The molecule has 0 atom stereocenters. The first-order valence-corrected chi connectivity index (χ1v) is 11.9. The van der Waals surface area contributed by atoms with Crippen LogP contribution in [-0.4, -0.2) is 30.7 Å². The zero-order valence-corrected chi connectivity index (χ0v) is 20.2. The number of rotatable bonds is 12. The predicted molar refractivity (Wildman–Crippen MR) is 124 cm³/mol. The Morgan fingerprint density at radius 1 is 0.643 bits per heavy atom. The van der Waals surface area contributed by atoms with E-state index in [1.165, 1.54) is 87.6 Å². The molecular formula is C26H49NO. The van der Waals surface area contributed by atoms with Gasteiger partial charge in [-0.2, -0.15) is 0 Å². The minimum atomic E-state index is 0.0815. The fourth-order valence-electron chi connectivity index (χ4n) is 3.60. The van der Waals surface area contributed by atoms with Gasteiger partial charge in [0.05, 0.1) is 26.2 Å². The van der Waals surface area contributed by atoms with Gasteiger partial charge in [0.15, 0.2) is 0 Å². The summed E-state index contributed by atoms with van der Waals surface area (Å²) < 4.78 is 1.42. The molecule has 0 spiro atoms. The number of benzene rings is 1. The SMILES string of the molecule is CC(C)(C)c1ccc([O-])cc1.CCCC[N+](CCCC)(CCCC)CCCC. The van der Waals surface area contributed by atoms with Gasteiger partial charge >= 0.3 is 0 Å². The molecule has 0 heterocycles. The van der Waals surface area contributed by atoms with Crippen LogP contribution in [0.25, 0.3) is 0 Å². The number of hydrogen-bond donors (Lipinski definition) is 0. The first kappa shape index (κ1) is 27.0. The van der Waals surface area contributed by atoms with Crippen LogP contribution in [-0.2, 0) is 5.41 Å². The van der Waals surface area contributed by atoms with Gasteiger partial charge in [0.25, 0.3) is 0 Å². The lowest BCUT2D eigenvalue weighted by Crippen LogP contribution is -2.50. The molecule has 0 aliphatic rings. The van der Waals surface area contributed by atoms with Crippen molar-refractivity contribution in [2.24, 2.45) is 0 Å². The summed E-state index contributed by atoms with van der Waals surface area (Å²) in [5, 5.41) is 10.7. The summed E-state index contributed by atoms with van der Waals surface area (Å²) in [6, 6.07) is 7.01. The average Bonchev–Trinajstić information content (AvgIpc) is 2.67. The molecule has 0 bridgehead atoms. The van der Waals surface area contributed by atoms with Gasteiger partial charge in [0.1, 0.15) is 0 Å². The zero-order chi connectivity index (χ0) is 21.5. The molecule has 1 rings (SSSR count). The van der Waals surface area contributed by atoms with Crippen molar-refractivity contribution in [2.75, 3.05) is 26.2 Å². The molecule has 0 fully saturated rings. The van der Waals surface area contributed by atoms with E-state index in [9.17, 15) is 5.11 Å². The summed E-state index contributed by atoms with van der Waals surface area (Å²) in [5.41, 5.74) is 1.35. The van der Waals surface area contributed by atoms with E-state index in [1.54, 1.807) is 12.1 Å². The molecule has 2 heteroatoms. The van der Waals surface area contributed by atoms with Crippen molar-refractivity contribution in [1.82, 2.24) is 0 Å². The van der Waals surface area contributed by atoms with Crippen LogP contribution >= 0.6 is 0 Å². The van der Waals surface area contributed by atoms with E-state index in [2.05, 4.69) is 48.5 Å². The highest BCUT2D eigenvalue weighted by molar-refractivity contribution is 5.29. The molecule has 0 aliphatic heterocycles. The van der Waals surface area contributed by atoms with Crippen molar-refractivity contribution in [3.05, 3.63) is 29.8 Å². The third kappa shape index (κ3) is 11.7. The topological polar surface area (TPSA) is 23.1 Å². The van der Waals surface area contributed by atoms with Gasteiger partial charge in [-0.1, -0.05) is 98.4 Å². The van der Waals surface area contributed by atoms with E-state index in [0.717, 1.165) is 0 Å². The Hall–Kier alpha value is -1.02. The molecule has 1 aromatic rings. The molecule has 0 amide bonds. The normalized spacial score (nSPS) is 11.8. The second-order valence-electron chi connectivity index (χ2n) is 9.42. The Morgan fingerprint density at radius 2 is 0.964 bits per heavy atom. The number of quaternary nitrogens is 1. The van der Waals surface area contributed by atoms with Gasteiger partial charge in [-0.05, 0) is 36.7 Å². The predicted octanol–water partition coefficient (Wildman–Crippen LogP) is 7.06. The zero-order valence-electron chi connectivity index (χ0n) is 20.2. The van der Waals surface area contributed by atoms with E-state index in [-0.39, 0.29) is 11.2 Å². The molecule has 0 saturated heterocycles. The van der Waals surface area contributed by atoms with Crippen molar-refractivity contribution in [3.8, 4) is 5.75 Å². The van der Waals surface area contributed by atoms with E-state index >= 15 is 0 Å². The molecule has 0 aliphatic carbocycles. The molecule has 2 nitrogen and oxygen atoms in total. The standard InChI is InChI=1S/C16H36N.C10H14O/c1-5-9-13-17(14-10-6-2,15-11-7-3)16-12-8-4;1-10(2,3)8-4-6-9(11)7-5-8/h5-16H2,1-4H3;4-7,11H,1-3H3/q+1;/p-1. The summed E-state index contributed by atoms with van der Waals surface area (Å²) in [4.78, 5) is 0. The first-order valence-electron chi connectivity index (χ1n) is 11.9. The van der Waals surface area contributed by atoms with Crippen molar-refractivity contribution >= 4 is 0 Å². The fourth-order valence-corrected chi connectivity index (χ4v) is 3.60. The third-order valence-corrected chi connectivity index (χ3v) is 5.66. The highest BCUT2D eigenvalue weighted by Gasteiger charge is 2.24. The Kier molecular flexibility index (Phi) is 14.4. The van der Waals surface area contributed by atoms with Gasteiger partial charge in [-0.3, -0.25) is 0 Å². The van der Waals surface area contributed by atoms with Crippen LogP contribution in [0.3, 0.4) is 0 Å². The van der Waals surface area contributed by atoms with Crippen LogP contribution in [0.5, 0.6) is 5.75 Å². The van der Waals surface area contributed by atoms with Gasteiger partial charge in [-0.15, -0.1) is 5.75 Å². The summed E-state index contributed by atoms with van der Waals surface area (Å²) in [5.74, 6) is 0.0815. The maximum atomic E-state index is 10.7. The lowest BCUT2D eigenvalue weighted by molar-refractivity contribution is -0.929. The Bertz CT molecular complexity index is 435. The van der Waals surface area contributed by atoms with Crippen LogP contribution in [0.15, 0.2) is 24.3 Å². The molecular weight excluding hydrogens is 342 g/mol. The first-order chi connectivity index (χ1) is 13.2. The van der Waals surface area contributed by atoms with Crippen LogP contribution in [0.2, 0.25) is 0 Å². The third-order valence-electron chi connectivity index (χ3n) is 5.66.